The highest BCUT2D eigenvalue weighted by Gasteiger charge is 2.18. The minimum absolute atomic E-state index is 0.132. The first-order chi connectivity index (χ1) is 14.3. The van der Waals surface area contributed by atoms with Crippen LogP contribution < -0.4 is 10.2 Å². The Morgan fingerprint density at radius 3 is 2.52 bits per heavy atom. The molecule has 1 aromatic carbocycles. The predicted molar refractivity (Wildman–Crippen MR) is 114 cm³/mol. The SMILES string of the molecule is O=C(NCc1ccccn1)c1cncc(N2CCN(Cc3ccccc3)CC2)c1. The van der Waals surface area contributed by atoms with Crippen LogP contribution in [0, 0.1) is 0 Å². The quantitative estimate of drug-likeness (QED) is 0.705. The summed E-state index contributed by atoms with van der Waals surface area (Å²) in [6.07, 6.45) is 5.17. The number of carbonyl (C=O) groups excluding carboxylic acids is 1. The van der Waals surface area contributed by atoms with Gasteiger partial charge in [0.25, 0.3) is 5.91 Å². The summed E-state index contributed by atoms with van der Waals surface area (Å²) in [5.41, 5.74) is 3.74. The number of carbonyl (C=O) groups is 1. The summed E-state index contributed by atoms with van der Waals surface area (Å²) < 4.78 is 0. The number of nitrogens with one attached hydrogen (secondary N) is 1. The molecule has 6 nitrogen and oxygen atoms in total. The first-order valence-electron chi connectivity index (χ1n) is 9.92. The molecule has 4 rings (SSSR count). The third kappa shape index (κ3) is 5.18. The molecule has 1 saturated heterocycles. The van der Waals surface area contributed by atoms with Gasteiger partial charge in [0.2, 0.25) is 0 Å². The van der Waals surface area contributed by atoms with E-state index in [1.807, 2.05) is 36.5 Å². The lowest BCUT2D eigenvalue weighted by Crippen LogP contribution is -2.46. The van der Waals surface area contributed by atoms with Gasteiger partial charge in [0.05, 0.1) is 29.7 Å². The number of hydrogen-bond donors (Lipinski definition) is 1. The summed E-state index contributed by atoms with van der Waals surface area (Å²) in [7, 11) is 0. The second-order valence-electron chi connectivity index (χ2n) is 7.18. The fourth-order valence-electron chi connectivity index (χ4n) is 3.51. The van der Waals surface area contributed by atoms with E-state index in [1.54, 1.807) is 12.4 Å². The van der Waals surface area contributed by atoms with Gasteiger partial charge in [0.1, 0.15) is 0 Å². The number of amides is 1. The van der Waals surface area contributed by atoms with Crippen molar-refractivity contribution in [2.75, 3.05) is 31.1 Å². The van der Waals surface area contributed by atoms with Gasteiger partial charge in [-0.15, -0.1) is 0 Å². The minimum atomic E-state index is -0.132. The third-order valence-electron chi connectivity index (χ3n) is 5.13. The fourth-order valence-corrected chi connectivity index (χ4v) is 3.51. The second-order valence-corrected chi connectivity index (χ2v) is 7.18. The van der Waals surface area contributed by atoms with Crippen molar-refractivity contribution in [1.29, 1.82) is 0 Å². The molecule has 3 heterocycles. The Hall–Kier alpha value is -3.25. The molecule has 148 valence electrons. The Labute approximate surface area is 171 Å². The van der Waals surface area contributed by atoms with Crippen LogP contribution in [0.5, 0.6) is 0 Å². The van der Waals surface area contributed by atoms with Crippen molar-refractivity contribution in [3.05, 3.63) is 90.0 Å². The van der Waals surface area contributed by atoms with Gasteiger partial charge in [0, 0.05) is 45.1 Å². The first kappa shape index (κ1) is 19.1. The summed E-state index contributed by atoms with van der Waals surface area (Å²) in [5, 5.41) is 2.91. The van der Waals surface area contributed by atoms with Crippen LogP contribution in [0.15, 0.2) is 73.2 Å². The topological polar surface area (TPSA) is 61.4 Å². The van der Waals surface area contributed by atoms with E-state index in [2.05, 4.69) is 49.4 Å². The van der Waals surface area contributed by atoms with Crippen LogP contribution in [-0.2, 0) is 13.1 Å². The van der Waals surface area contributed by atoms with E-state index in [4.69, 9.17) is 0 Å². The Morgan fingerprint density at radius 2 is 1.76 bits per heavy atom. The van der Waals surface area contributed by atoms with E-state index in [-0.39, 0.29) is 5.91 Å². The van der Waals surface area contributed by atoms with Crippen molar-refractivity contribution in [1.82, 2.24) is 20.2 Å². The van der Waals surface area contributed by atoms with E-state index in [9.17, 15) is 4.79 Å². The number of rotatable bonds is 6. The van der Waals surface area contributed by atoms with Crippen molar-refractivity contribution < 1.29 is 4.79 Å². The molecule has 1 N–H and O–H groups in total. The van der Waals surface area contributed by atoms with E-state index < -0.39 is 0 Å². The number of hydrogen-bond acceptors (Lipinski definition) is 5. The van der Waals surface area contributed by atoms with Gasteiger partial charge in [-0.1, -0.05) is 36.4 Å². The number of anilines is 1. The van der Waals surface area contributed by atoms with Gasteiger partial charge in [-0.25, -0.2) is 0 Å². The molecule has 3 aromatic rings. The van der Waals surface area contributed by atoms with Crippen LogP contribution in [0.1, 0.15) is 21.6 Å². The normalized spacial score (nSPS) is 14.6. The smallest absolute Gasteiger partial charge is 0.253 e. The van der Waals surface area contributed by atoms with Crippen LogP contribution >= 0.6 is 0 Å². The molecule has 0 unspecified atom stereocenters. The highest BCUT2D eigenvalue weighted by atomic mass is 16.1. The van der Waals surface area contributed by atoms with Gasteiger partial charge in [0.15, 0.2) is 0 Å². The van der Waals surface area contributed by atoms with E-state index in [1.165, 1.54) is 5.56 Å². The van der Waals surface area contributed by atoms with Crippen molar-refractivity contribution in [3.8, 4) is 0 Å². The van der Waals surface area contributed by atoms with Gasteiger partial charge in [-0.05, 0) is 23.8 Å². The average molecular weight is 387 g/mol. The van der Waals surface area contributed by atoms with Crippen LogP contribution in [0.4, 0.5) is 5.69 Å². The lowest BCUT2D eigenvalue weighted by molar-refractivity contribution is 0.0950. The lowest BCUT2D eigenvalue weighted by Gasteiger charge is -2.36. The zero-order valence-electron chi connectivity index (χ0n) is 16.4. The Morgan fingerprint density at radius 1 is 0.966 bits per heavy atom. The minimum Gasteiger partial charge on any atom is -0.368 e. The van der Waals surface area contributed by atoms with Crippen LogP contribution in [0.3, 0.4) is 0 Å². The van der Waals surface area contributed by atoms with Crippen molar-refractivity contribution >= 4 is 11.6 Å². The molecular weight excluding hydrogens is 362 g/mol. The second kappa shape index (κ2) is 9.30. The molecule has 6 heteroatoms. The predicted octanol–water partition coefficient (Wildman–Crippen LogP) is 2.73. The molecule has 1 aliphatic heterocycles. The van der Waals surface area contributed by atoms with Crippen molar-refractivity contribution in [2.24, 2.45) is 0 Å². The molecule has 1 aliphatic rings. The molecule has 0 radical (unpaired) electrons. The standard InChI is InChI=1S/C23H25N5O/c29-23(26-16-21-8-4-5-9-25-21)20-14-22(17-24-15-20)28-12-10-27(11-13-28)18-19-6-2-1-3-7-19/h1-9,14-15,17H,10-13,16,18H2,(H,26,29). The third-order valence-corrected chi connectivity index (χ3v) is 5.13. The lowest BCUT2D eigenvalue weighted by atomic mass is 10.2. The van der Waals surface area contributed by atoms with Gasteiger partial charge < -0.3 is 10.2 Å². The van der Waals surface area contributed by atoms with Gasteiger partial charge >= 0.3 is 0 Å². The van der Waals surface area contributed by atoms with Crippen molar-refractivity contribution in [2.45, 2.75) is 13.1 Å². The summed E-state index contributed by atoms with van der Waals surface area (Å²) in [6, 6.07) is 18.1. The molecule has 0 spiro atoms. The summed E-state index contributed by atoms with van der Waals surface area (Å²) in [4.78, 5) is 25.8. The Bertz CT molecular complexity index is 924. The van der Waals surface area contributed by atoms with Crippen molar-refractivity contribution in [3.63, 3.8) is 0 Å². The summed E-state index contributed by atoms with van der Waals surface area (Å²) >= 11 is 0. The number of piperazine rings is 1. The summed E-state index contributed by atoms with van der Waals surface area (Å²) in [6.45, 7) is 5.21. The number of aromatic nitrogens is 2. The average Bonchev–Trinajstić information content (AvgIpc) is 2.79. The molecule has 0 atom stereocenters. The van der Waals surface area contributed by atoms with E-state index in [0.717, 1.165) is 44.1 Å². The maximum absolute atomic E-state index is 12.5. The monoisotopic (exact) mass is 387 g/mol. The highest BCUT2D eigenvalue weighted by Crippen LogP contribution is 2.18. The maximum atomic E-state index is 12.5. The molecule has 0 bridgehead atoms. The molecule has 1 fully saturated rings. The molecule has 1 amide bonds. The fraction of sp³-hybridized carbons (Fsp3) is 0.261. The van der Waals surface area contributed by atoms with E-state index >= 15 is 0 Å². The number of benzene rings is 1. The van der Waals surface area contributed by atoms with Gasteiger partial charge in [-0.2, -0.15) is 0 Å². The summed E-state index contributed by atoms with van der Waals surface area (Å²) in [5.74, 6) is -0.132. The molecular formula is C23H25N5O. The molecule has 0 saturated carbocycles. The van der Waals surface area contributed by atoms with Crippen LogP contribution in [-0.4, -0.2) is 47.0 Å². The molecule has 2 aromatic heterocycles. The highest BCUT2D eigenvalue weighted by molar-refractivity contribution is 5.94. The Kier molecular flexibility index (Phi) is 6.12. The zero-order valence-corrected chi connectivity index (χ0v) is 16.4. The van der Waals surface area contributed by atoms with Crippen LogP contribution in [0.25, 0.3) is 0 Å². The van der Waals surface area contributed by atoms with Crippen LogP contribution in [0.2, 0.25) is 0 Å². The largest absolute Gasteiger partial charge is 0.368 e. The van der Waals surface area contributed by atoms with Gasteiger partial charge in [-0.3, -0.25) is 19.7 Å². The first-order valence-corrected chi connectivity index (χ1v) is 9.92. The number of pyridine rings is 2. The zero-order chi connectivity index (χ0) is 19.9. The molecule has 0 aliphatic carbocycles. The van der Waals surface area contributed by atoms with E-state index in [0.29, 0.717) is 12.1 Å². The molecule has 29 heavy (non-hydrogen) atoms. The Balaban J connectivity index is 1.32. The maximum Gasteiger partial charge on any atom is 0.253 e. The number of nitrogens with zero attached hydrogens (tertiary/aromatic N) is 4.